The number of benzene rings is 2. The van der Waals surface area contributed by atoms with E-state index in [-0.39, 0.29) is 23.1 Å². The second-order valence-electron chi connectivity index (χ2n) is 6.77. The van der Waals surface area contributed by atoms with Gasteiger partial charge in [-0.25, -0.2) is 9.18 Å². The molecule has 6 nitrogen and oxygen atoms in total. The number of aromatic nitrogens is 3. The molecule has 8 heteroatoms. The fraction of sp³-hybridized carbons (Fsp3) is 0.250. The third-order valence-corrected chi connectivity index (χ3v) is 5.16. The summed E-state index contributed by atoms with van der Waals surface area (Å²) in [6.45, 7) is 0.923. The number of nitrogens with one attached hydrogen (secondary N) is 1. The van der Waals surface area contributed by atoms with Gasteiger partial charge in [-0.3, -0.25) is 9.78 Å². The van der Waals surface area contributed by atoms with Crippen LogP contribution in [-0.2, 0) is 0 Å². The van der Waals surface area contributed by atoms with Crippen molar-refractivity contribution in [2.75, 3.05) is 13.1 Å². The van der Waals surface area contributed by atoms with Gasteiger partial charge in [-0.1, -0.05) is 23.7 Å². The van der Waals surface area contributed by atoms with Crippen LogP contribution in [0.4, 0.5) is 4.39 Å². The Balaban J connectivity index is 1.56. The molecule has 1 N–H and O–H groups in total. The van der Waals surface area contributed by atoms with E-state index in [9.17, 15) is 14.0 Å². The zero-order chi connectivity index (χ0) is 19.7. The maximum atomic E-state index is 14.0. The summed E-state index contributed by atoms with van der Waals surface area (Å²) in [6, 6.07) is 12.8. The van der Waals surface area contributed by atoms with Crippen LogP contribution in [0.1, 0.15) is 34.9 Å². The van der Waals surface area contributed by atoms with Crippen molar-refractivity contribution in [1.29, 1.82) is 0 Å². The molecule has 144 valence electrons. The quantitative estimate of drug-likeness (QED) is 0.732. The average molecular weight is 401 g/mol. The standard InChI is InChI=1S/C20H18ClFN4O2/c21-14-7-9-15(10-8-14)26-20(28)23-18(24-26)13-4-3-11-25(12-13)19(27)16-5-1-2-6-17(16)22/h1-2,5-10,13H,3-4,11-12H2,(H,23,24,28). The summed E-state index contributed by atoms with van der Waals surface area (Å²) in [4.78, 5) is 29.4. The van der Waals surface area contributed by atoms with Gasteiger partial charge < -0.3 is 4.90 Å². The van der Waals surface area contributed by atoms with Gasteiger partial charge in [-0.15, -0.1) is 5.10 Å². The lowest BCUT2D eigenvalue weighted by atomic mass is 9.96. The Morgan fingerprint density at radius 1 is 1.18 bits per heavy atom. The minimum atomic E-state index is -0.532. The fourth-order valence-electron chi connectivity index (χ4n) is 3.47. The summed E-state index contributed by atoms with van der Waals surface area (Å²) < 4.78 is 15.2. The molecule has 1 aliphatic rings. The molecule has 1 aliphatic heterocycles. The molecule has 4 rings (SSSR count). The van der Waals surface area contributed by atoms with Crippen molar-refractivity contribution < 1.29 is 9.18 Å². The van der Waals surface area contributed by atoms with Gasteiger partial charge in [0.15, 0.2) is 0 Å². The minimum Gasteiger partial charge on any atom is -0.338 e. The number of likely N-dealkylation sites (tertiary alicyclic amines) is 1. The number of carbonyl (C=O) groups excluding carboxylic acids is 1. The normalized spacial score (nSPS) is 16.9. The number of carbonyl (C=O) groups is 1. The Hall–Kier alpha value is -2.93. The number of aromatic amines is 1. The molecule has 3 aromatic rings. The fourth-order valence-corrected chi connectivity index (χ4v) is 3.60. The second-order valence-corrected chi connectivity index (χ2v) is 7.21. The summed E-state index contributed by atoms with van der Waals surface area (Å²) in [5, 5.41) is 4.98. The minimum absolute atomic E-state index is 0.0586. The third-order valence-electron chi connectivity index (χ3n) is 4.91. The van der Waals surface area contributed by atoms with E-state index >= 15 is 0 Å². The Labute approximate surface area is 165 Å². The highest BCUT2D eigenvalue weighted by Gasteiger charge is 2.29. The summed E-state index contributed by atoms with van der Waals surface area (Å²) >= 11 is 5.89. The van der Waals surface area contributed by atoms with Crippen molar-refractivity contribution >= 4 is 17.5 Å². The van der Waals surface area contributed by atoms with Gasteiger partial charge in [0.05, 0.1) is 11.3 Å². The van der Waals surface area contributed by atoms with Crippen molar-refractivity contribution in [2.45, 2.75) is 18.8 Å². The van der Waals surface area contributed by atoms with Crippen LogP contribution in [0.15, 0.2) is 53.3 Å². The van der Waals surface area contributed by atoms with Crippen molar-refractivity contribution in [3.05, 3.63) is 81.2 Å². The zero-order valence-electron chi connectivity index (χ0n) is 14.9. The lowest BCUT2D eigenvalue weighted by Gasteiger charge is -2.31. The van der Waals surface area contributed by atoms with Crippen LogP contribution in [0.5, 0.6) is 0 Å². The molecule has 2 aromatic carbocycles. The molecule has 0 bridgehead atoms. The molecule has 0 aliphatic carbocycles. The number of nitrogens with zero attached hydrogens (tertiary/aromatic N) is 3. The van der Waals surface area contributed by atoms with E-state index < -0.39 is 5.82 Å². The maximum Gasteiger partial charge on any atom is 0.348 e. The third kappa shape index (κ3) is 3.57. The molecular weight excluding hydrogens is 383 g/mol. The highest BCUT2D eigenvalue weighted by molar-refractivity contribution is 6.30. The van der Waals surface area contributed by atoms with Gasteiger partial charge in [0, 0.05) is 24.0 Å². The molecule has 28 heavy (non-hydrogen) atoms. The highest BCUT2D eigenvalue weighted by atomic mass is 35.5. The monoisotopic (exact) mass is 400 g/mol. The van der Waals surface area contributed by atoms with E-state index in [0.717, 1.165) is 12.8 Å². The van der Waals surface area contributed by atoms with E-state index in [1.807, 2.05) is 0 Å². The Bertz CT molecular complexity index is 1060. The lowest BCUT2D eigenvalue weighted by Crippen LogP contribution is -2.39. The second kappa shape index (κ2) is 7.59. The van der Waals surface area contributed by atoms with Gasteiger partial charge in [0.2, 0.25) is 0 Å². The van der Waals surface area contributed by atoms with Gasteiger partial charge in [-0.2, -0.15) is 4.68 Å². The molecule has 1 aromatic heterocycles. The Kier molecular flexibility index (Phi) is 5.00. The van der Waals surface area contributed by atoms with E-state index in [1.54, 1.807) is 41.3 Å². The number of hydrogen-bond donors (Lipinski definition) is 1. The predicted octanol–water partition coefficient (Wildman–Crippen LogP) is 3.37. The Morgan fingerprint density at radius 3 is 2.68 bits per heavy atom. The molecule has 2 heterocycles. The zero-order valence-corrected chi connectivity index (χ0v) is 15.7. The first kappa shape index (κ1) is 18.4. The number of piperidine rings is 1. The summed E-state index contributed by atoms with van der Waals surface area (Å²) in [5.41, 5.74) is 0.310. The van der Waals surface area contributed by atoms with E-state index in [0.29, 0.717) is 29.6 Å². The van der Waals surface area contributed by atoms with E-state index in [4.69, 9.17) is 11.6 Å². The molecular formula is C20H18ClFN4O2. The Morgan fingerprint density at radius 2 is 1.93 bits per heavy atom. The number of rotatable bonds is 3. The first-order valence-corrected chi connectivity index (χ1v) is 9.39. The highest BCUT2D eigenvalue weighted by Crippen LogP contribution is 2.26. The van der Waals surface area contributed by atoms with E-state index in [2.05, 4.69) is 10.1 Å². The topological polar surface area (TPSA) is 71.0 Å². The van der Waals surface area contributed by atoms with Crippen LogP contribution in [0.3, 0.4) is 0 Å². The van der Waals surface area contributed by atoms with Gasteiger partial charge >= 0.3 is 5.69 Å². The van der Waals surface area contributed by atoms with Crippen molar-refractivity contribution in [1.82, 2.24) is 19.7 Å². The van der Waals surface area contributed by atoms with Gasteiger partial charge in [0.1, 0.15) is 11.6 Å². The van der Waals surface area contributed by atoms with Gasteiger partial charge in [0.25, 0.3) is 5.91 Å². The molecule has 1 saturated heterocycles. The molecule has 0 spiro atoms. The molecule has 1 fully saturated rings. The first-order valence-electron chi connectivity index (χ1n) is 9.02. The molecule has 1 amide bonds. The van der Waals surface area contributed by atoms with Crippen molar-refractivity contribution in [3.8, 4) is 5.69 Å². The number of H-pyrrole nitrogens is 1. The molecule has 0 radical (unpaired) electrons. The van der Waals surface area contributed by atoms with Crippen LogP contribution < -0.4 is 5.69 Å². The van der Waals surface area contributed by atoms with Crippen LogP contribution in [0, 0.1) is 5.82 Å². The van der Waals surface area contributed by atoms with Crippen molar-refractivity contribution in [2.24, 2.45) is 0 Å². The maximum absolute atomic E-state index is 14.0. The predicted molar refractivity (Wildman–Crippen MR) is 103 cm³/mol. The smallest absolute Gasteiger partial charge is 0.338 e. The van der Waals surface area contributed by atoms with Crippen LogP contribution >= 0.6 is 11.6 Å². The largest absolute Gasteiger partial charge is 0.348 e. The summed E-state index contributed by atoms with van der Waals surface area (Å²) in [5.74, 6) is -0.478. The van der Waals surface area contributed by atoms with E-state index in [1.165, 1.54) is 16.8 Å². The number of amides is 1. The molecule has 1 atom stereocenters. The van der Waals surface area contributed by atoms with Crippen molar-refractivity contribution in [3.63, 3.8) is 0 Å². The van der Waals surface area contributed by atoms with Crippen LogP contribution in [0.25, 0.3) is 5.69 Å². The molecule has 0 saturated carbocycles. The average Bonchev–Trinajstić information content (AvgIpc) is 3.10. The summed E-state index contributed by atoms with van der Waals surface area (Å²) in [6.07, 6.45) is 1.54. The first-order chi connectivity index (χ1) is 13.5. The van der Waals surface area contributed by atoms with Crippen LogP contribution in [0.2, 0.25) is 5.02 Å². The SMILES string of the molecule is O=C(c1ccccc1F)N1CCCC(c2nn(-c3ccc(Cl)cc3)c(=O)[nH]2)C1. The van der Waals surface area contributed by atoms with Crippen LogP contribution in [-0.4, -0.2) is 38.7 Å². The number of hydrogen-bond acceptors (Lipinski definition) is 3. The lowest BCUT2D eigenvalue weighted by molar-refractivity contribution is 0.0700. The molecule has 1 unspecified atom stereocenters. The van der Waals surface area contributed by atoms with Gasteiger partial charge in [-0.05, 0) is 49.2 Å². The summed E-state index contributed by atoms with van der Waals surface area (Å²) in [7, 11) is 0. The number of halogens is 2.